The Bertz CT molecular complexity index is 1200. The number of carbonyl (C=O) groups is 1. The zero-order chi connectivity index (χ0) is 19.8. The number of nitrogens with two attached hydrogens (primary N) is 1. The highest BCUT2D eigenvalue weighted by molar-refractivity contribution is 7.09. The van der Waals surface area contributed by atoms with Gasteiger partial charge >= 0.3 is 0 Å². The third-order valence-electron chi connectivity index (χ3n) is 4.89. The summed E-state index contributed by atoms with van der Waals surface area (Å²) in [5, 5.41) is 10.6. The molecule has 146 valence electrons. The quantitative estimate of drug-likeness (QED) is 0.528. The number of carbonyl (C=O) groups excluding carboxylic acids is 1. The highest BCUT2D eigenvalue weighted by Crippen LogP contribution is 2.26. The first-order valence-corrected chi connectivity index (χ1v) is 10.1. The Labute approximate surface area is 170 Å². The van der Waals surface area contributed by atoms with Gasteiger partial charge in [0.05, 0.1) is 42.7 Å². The molecule has 3 N–H and O–H groups in total. The number of benzene rings is 1. The molecule has 1 aliphatic heterocycles. The summed E-state index contributed by atoms with van der Waals surface area (Å²) in [7, 11) is 0. The van der Waals surface area contributed by atoms with E-state index in [1.165, 1.54) is 4.88 Å². The van der Waals surface area contributed by atoms with Crippen molar-refractivity contribution >= 4 is 34.0 Å². The molecule has 0 atom stereocenters. The Kier molecular flexibility index (Phi) is 4.45. The molecule has 3 aromatic heterocycles. The lowest BCUT2D eigenvalue weighted by atomic mass is 10.1. The number of amides is 1. The van der Waals surface area contributed by atoms with Gasteiger partial charge in [0.15, 0.2) is 0 Å². The van der Waals surface area contributed by atoms with Crippen LogP contribution < -0.4 is 11.1 Å². The molecular weight excluding hydrogens is 388 g/mol. The van der Waals surface area contributed by atoms with Gasteiger partial charge in [0.25, 0.3) is 5.95 Å². The Morgan fingerprint density at radius 3 is 3.03 bits per heavy atom. The van der Waals surface area contributed by atoms with Gasteiger partial charge in [-0.2, -0.15) is 14.8 Å². The van der Waals surface area contributed by atoms with Crippen LogP contribution in [0, 0.1) is 0 Å². The van der Waals surface area contributed by atoms with Crippen molar-refractivity contribution in [3.05, 3.63) is 63.6 Å². The number of nitrogens with zero attached hydrogens (tertiary/aromatic N) is 4. The van der Waals surface area contributed by atoms with Crippen LogP contribution in [0.25, 0.3) is 16.9 Å². The summed E-state index contributed by atoms with van der Waals surface area (Å²) >= 11 is 1.69. The van der Waals surface area contributed by atoms with Gasteiger partial charge in [0.2, 0.25) is 5.91 Å². The third kappa shape index (κ3) is 3.24. The Morgan fingerprint density at radius 2 is 2.21 bits per heavy atom. The van der Waals surface area contributed by atoms with Crippen LogP contribution in [0.5, 0.6) is 0 Å². The molecule has 0 saturated carbocycles. The van der Waals surface area contributed by atoms with E-state index in [0.717, 1.165) is 22.6 Å². The minimum atomic E-state index is -0.489. The molecular formula is C20H18N6O2S. The second kappa shape index (κ2) is 7.26. The molecule has 1 amide bonds. The van der Waals surface area contributed by atoms with Crippen LogP contribution in [0.4, 0.5) is 5.82 Å². The van der Waals surface area contributed by atoms with Gasteiger partial charge in [0.1, 0.15) is 5.82 Å². The van der Waals surface area contributed by atoms with Crippen LogP contribution in [0.2, 0.25) is 0 Å². The zero-order valence-electron chi connectivity index (χ0n) is 15.5. The maximum absolute atomic E-state index is 11.7. The first-order valence-electron chi connectivity index (χ1n) is 9.21. The second-order valence-corrected chi connectivity index (χ2v) is 7.72. The summed E-state index contributed by atoms with van der Waals surface area (Å²) in [6, 6.07) is 9.45. The minimum absolute atomic E-state index is 0.427. The van der Waals surface area contributed by atoms with Crippen molar-refractivity contribution in [1.82, 2.24) is 19.7 Å². The topological polar surface area (TPSA) is 108 Å². The van der Waals surface area contributed by atoms with Crippen molar-refractivity contribution in [1.29, 1.82) is 0 Å². The number of thiophene rings is 1. The van der Waals surface area contributed by atoms with Crippen molar-refractivity contribution < 1.29 is 9.53 Å². The molecule has 1 aromatic carbocycles. The van der Waals surface area contributed by atoms with Gasteiger partial charge < -0.3 is 15.8 Å². The maximum atomic E-state index is 11.7. The van der Waals surface area contributed by atoms with Gasteiger partial charge in [-0.3, -0.25) is 4.79 Å². The molecule has 0 unspecified atom stereocenters. The lowest BCUT2D eigenvalue weighted by Gasteiger charge is -2.20. The van der Waals surface area contributed by atoms with E-state index < -0.39 is 5.91 Å². The Hall–Kier alpha value is -3.30. The molecule has 9 heteroatoms. The van der Waals surface area contributed by atoms with Gasteiger partial charge in [0, 0.05) is 22.2 Å². The van der Waals surface area contributed by atoms with Crippen molar-refractivity contribution in [2.45, 2.75) is 19.6 Å². The van der Waals surface area contributed by atoms with Crippen molar-refractivity contribution in [3.8, 4) is 5.95 Å². The highest BCUT2D eigenvalue weighted by atomic mass is 32.1. The van der Waals surface area contributed by atoms with E-state index in [1.54, 1.807) is 34.3 Å². The van der Waals surface area contributed by atoms with Gasteiger partial charge in [-0.05, 0) is 23.6 Å². The van der Waals surface area contributed by atoms with Crippen LogP contribution in [0.3, 0.4) is 0 Å². The van der Waals surface area contributed by atoms with Crippen molar-refractivity contribution in [3.63, 3.8) is 0 Å². The number of fused-ring (bicyclic) bond motifs is 2. The molecule has 1 aliphatic rings. The molecule has 0 aliphatic carbocycles. The number of rotatable bonds is 5. The fraction of sp³-hybridized carbons (Fsp3) is 0.200. The average molecular weight is 406 g/mol. The lowest BCUT2D eigenvalue weighted by molar-refractivity contribution is 0.100. The summed E-state index contributed by atoms with van der Waals surface area (Å²) < 4.78 is 7.27. The Morgan fingerprint density at radius 1 is 1.28 bits per heavy atom. The molecule has 4 heterocycles. The summed E-state index contributed by atoms with van der Waals surface area (Å²) in [4.78, 5) is 22.4. The van der Waals surface area contributed by atoms with Crippen molar-refractivity contribution in [2.75, 3.05) is 11.9 Å². The predicted octanol–water partition coefficient (Wildman–Crippen LogP) is 2.66. The summed E-state index contributed by atoms with van der Waals surface area (Å²) in [6.07, 6.45) is 2.34. The molecule has 0 radical (unpaired) electrons. The van der Waals surface area contributed by atoms with E-state index in [1.807, 2.05) is 17.5 Å². The van der Waals surface area contributed by atoms with E-state index in [0.29, 0.717) is 43.1 Å². The SMILES string of the molecule is NC(=O)c1cccc2c1cnn2-c1nc2c(c(NCc3cccs3)n1)COCC2. The molecule has 0 bridgehead atoms. The maximum Gasteiger partial charge on any atom is 0.253 e. The number of nitrogens with one attached hydrogen (secondary N) is 1. The molecule has 5 rings (SSSR count). The molecule has 8 nitrogen and oxygen atoms in total. The molecule has 4 aromatic rings. The molecule has 0 saturated heterocycles. The second-order valence-electron chi connectivity index (χ2n) is 6.69. The van der Waals surface area contributed by atoms with Crippen LogP contribution in [0.1, 0.15) is 26.5 Å². The standard InChI is InChI=1S/C20H18N6O2S/c21-18(27)13-4-1-5-17-14(13)10-23-26(17)20-24-16-6-7-28-11-15(16)19(25-20)22-9-12-3-2-8-29-12/h1-5,8,10H,6-7,9,11H2,(H2,21,27)(H,22,24,25). The first kappa shape index (κ1) is 17.8. The third-order valence-corrected chi connectivity index (χ3v) is 5.77. The summed E-state index contributed by atoms with van der Waals surface area (Å²) in [5.41, 5.74) is 8.59. The highest BCUT2D eigenvalue weighted by Gasteiger charge is 2.21. The largest absolute Gasteiger partial charge is 0.376 e. The van der Waals surface area contributed by atoms with E-state index in [2.05, 4.69) is 16.5 Å². The number of hydrogen-bond acceptors (Lipinski definition) is 7. The van der Waals surface area contributed by atoms with E-state index in [9.17, 15) is 4.79 Å². The fourth-order valence-electron chi connectivity index (χ4n) is 3.47. The van der Waals surface area contributed by atoms with E-state index >= 15 is 0 Å². The number of ether oxygens (including phenoxy) is 1. The number of aromatic nitrogens is 4. The van der Waals surface area contributed by atoms with Crippen molar-refractivity contribution in [2.24, 2.45) is 5.73 Å². The van der Waals surface area contributed by atoms with E-state index in [4.69, 9.17) is 20.4 Å². The van der Waals surface area contributed by atoms with Crippen LogP contribution in [-0.4, -0.2) is 32.3 Å². The number of hydrogen-bond donors (Lipinski definition) is 2. The normalized spacial score (nSPS) is 13.4. The molecule has 29 heavy (non-hydrogen) atoms. The lowest BCUT2D eigenvalue weighted by Crippen LogP contribution is -2.19. The van der Waals surface area contributed by atoms with Gasteiger partial charge in [-0.25, -0.2) is 4.98 Å². The minimum Gasteiger partial charge on any atom is -0.376 e. The first-order chi connectivity index (χ1) is 14.2. The number of primary amides is 1. The summed E-state index contributed by atoms with van der Waals surface area (Å²) in [6.45, 7) is 1.78. The fourth-order valence-corrected chi connectivity index (χ4v) is 4.11. The van der Waals surface area contributed by atoms with Crippen LogP contribution in [-0.2, 0) is 24.3 Å². The summed E-state index contributed by atoms with van der Waals surface area (Å²) in [5.74, 6) is 0.709. The van der Waals surface area contributed by atoms with Gasteiger partial charge in [-0.1, -0.05) is 12.1 Å². The van der Waals surface area contributed by atoms with Crippen LogP contribution >= 0.6 is 11.3 Å². The van der Waals surface area contributed by atoms with Crippen LogP contribution in [0.15, 0.2) is 41.9 Å². The average Bonchev–Trinajstić information content (AvgIpc) is 3.41. The smallest absolute Gasteiger partial charge is 0.253 e. The zero-order valence-corrected chi connectivity index (χ0v) is 16.3. The molecule has 0 fully saturated rings. The molecule has 0 spiro atoms. The number of anilines is 1. The van der Waals surface area contributed by atoms with E-state index in [-0.39, 0.29) is 0 Å². The predicted molar refractivity (Wildman–Crippen MR) is 110 cm³/mol. The Balaban J connectivity index is 1.60. The van der Waals surface area contributed by atoms with Gasteiger partial charge in [-0.15, -0.1) is 11.3 Å². The monoisotopic (exact) mass is 406 g/mol.